The third-order valence-electron chi connectivity index (χ3n) is 4.82. The highest BCUT2D eigenvalue weighted by molar-refractivity contribution is 5.15. The van der Waals surface area contributed by atoms with Crippen LogP contribution in [0.15, 0.2) is 0 Å². The Hall–Kier alpha value is 0. The first kappa shape index (κ1) is 4.79. The molecule has 6 unspecified atom stereocenters. The Kier molecular flexibility index (Phi) is 0.570. The van der Waals surface area contributed by atoms with Gasteiger partial charge in [-0.25, -0.2) is 0 Å². The molecule has 6 atom stereocenters. The molecule has 0 radical (unpaired) electrons. The summed E-state index contributed by atoms with van der Waals surface area (Å²) in [5.74, 6) is 7.51. The van der Waals surface area contributed by atoms with Gasteiger partial charge in [0, 0.05) is 0 Å². The normalized spacial score (nSPS) is 74.4. The minimum absolute atomic E-state index is 1.24. The summed E-state index contributed by atoms with van der Waals surface area (Å²) in [5, 5.41) is 0. The van der Waals surface area contributed by atoms with Gasteiger partial charge < -0.3 is 0 Å². The van der Waals surface area contributed by atoms with Crippen LogP contribution in [0.3, 0.4) is 0 Å². The Bertz CT molecular complexity index is 174. The van der Waals surface area contributed by atoms with E-state index in [2.05, 4.69) is 0 Å². The number of hydrogen-bond donors (Lipinski definition) is 0. The molecule has 0 spiro atoms. The molecule has 4 aliphatic rings. The van der Waals surface area contributed by atoms with E-state index in [4.69, 9.17) is 0 Å². The summed E-state index contributed by atoms with van der Waals surface area (Å²) < 4.78 is 0. The van der Waals surface area contributed by atoms with E-state index in [0.29, 0.717) is 0 Å². The molecule has 0 nitrogen and oxygen atoms in total. The van der Waals surface area contributed by atoms with Crippen LogP contribution in [0.5, 0.6) is 0 Å². The van der Waals surface area contributed by atoms with E-state index in [1.54, 1.807) is 25.7 Å². The lowest BCUT2D eigenvalue weighted by molar-refractivity contribution is 0.0885. The van der Waals surface area contributed by atoms with E-state index >= 15 is 0 Å². The van der Waals surface area contributed by atoms with Crippen LogP contribution in [0, 0.1) is 35.5 Å². The Morgan fingerprint density at radius 1 is 0.500 bits per heavy atom. The third kappa shape index (κ3) is 0.360. The van der Waals surface area contributed by atoms with Gasteiger partial charge in [-0.3, -0.25) is 0 Å². The summed E-state index contributed by atoms with van der Waals surface area (Å²) in [5.41, 5.74) is 0. The molecule has 0 N–H and O–H groups in total. The molecule has 10 heavy (non-hydrogen) atoms. The van der Waals surface area contributed by atoms with Crippen LogP contribution >= 0.6 is 0 Å². The molecule has 0 amide bonds. The first-order valence-corrected chi connectivity index (χ1v) is 4.95. The van der Waals surface area contributed by atoms with Crippen LogP contribution in [0.4, 0.5) is 0 Å². The zero-order valence-corrected chi connectivity index (χ0v) is 6.29. The standard InChI is InChI=1S/C10H14/c1-2-6-5(1)7-3-9(7)10-4-8(6)10/h5-10H,1-4H2. The van der Waals surface area contributed by atoms with Crippen LogP contribution < -0.4 is 0 Å². The molecule has 0 bridgehead atoms. The molecular weight excluding hydrogens is 120 g/mol. The van der Waals surface area contributed by atoms with Crippen molar-refractivity contribution in [2.45, 2.75) is 25.7 Å². The zero-order chi connectivity index (χ0) is 6.29. The quantitative estimate of drug-likeness (QED) is 0.477. The summed E-state index contributed by atoms with van der Waals surface area (Å²) in [6, 6.07) is 0. The summed E-state index contributed by atoms with van der Waals surface area (Å²) in [6.07, 6.45) is 6.49. The highest BCUT2D eigenvalue weighted by Gasteiger charge is 2.66. The predicted molar refractivity (Wildman–Crippen MR) is 39.4 cm³/mol. The maximum atomic E-state index is 1.64. The Labute approximate surface area is 62.0 Å². The average molecular weight is 134 g/mol. The van der Waals surface area contributed by atoms with Crippen LogP contribution in [-0.2, 0) is 0 Å². The Morgan fingerprint density at radius 3 is 1.30 bits per heavy atom. The van der Waals surface area contributed by atoms with Crippen molar-refractivity contribution in [3.05, 3.63) is 0 Å². The van der Waals surface area contributed by atoms with Crippen molar-refractivity contribution < 1.29 is 0 Å². The number of rotatable bonds is 0. The van der Waals surface area contributed by atoms with Crippen LogP contribution in [0.2, 0.25) is 0 Å². The SMILES string of the molecule is C1CC2C1C1CC1C1CC21. The highest BCUT2D eigenvalue weighted by Crippen LogP contribution is 2.74. The summed E-state index contributed by atoms with van der Waals surface area (Å²) in [6.45, 7) is 0. The number of fused-ring (bicyclic) bond motifs is 6. The van der Waals surface area contributed by atoms with Crippen LogP contribution in [-0.4, -0.2) is 0 Å². The molecule has 0 heteroatoms. The summed E-state index contributed by atoms with van der Waals surface area (Å²) >= 11 is 0. The van der Waals surface area contributed by atoms with Crippen molar-refractivity contribution >= 4 is 0 Å². The monoisotopic (exact) mass is 134 g/mol. The van der Waals surface area contributed by atoms with Gasteiger partial charge in [0.2, 0.25) is 0 Å². The molecule has 0 aromatic carbocycles. The largest absolute Gasteiger partial charge is 0.0496 e. The fraction of sp³-hybridized carbons (Fsp3) is 1.00. The van der Waals surface area contributed by atoms with Gasteiger partial charge in [-0.05, 0) is 61.2 Å². The Morgan fingerprint density at radius 2 is 0.900 bits per heavy atom. The average Bonchev–Trinajstić information content (AvgIpc) is 2.52. The van der Waals surface area contributed by atoms with E-state index < -0.39 is 0 Å². The van der Waals surface area contributed by atoms with E-state index in [9.17, 15) is 0 Å². The zero-order valence-electron chi connectivity index (χ0n) is 6.29. The smallest absolute Gasteiger partial charge is 0.0349 e. The second kappa shape index (κ2) is 1.19. The van der Waals surface area contributed by atoms with Crippen LogP contribution in [0.25, 0.3) is 0 Å². The van der Waals surface area contributed by atoms with Crippen molar-refractivity contribution in [1.82, 2.24) is 0 Å². The number of hydrogen-bond acceptors (Lipinski definition) is 0. The second-order valence-electron chi connectivity index (χ2n) is 5.03. The lowest BCUT2D eigenvalue weighted by atomic mass is 9.65. The van der Waals surface area contributed by atoms with E-state index in [0.717, 1.165) is 0 Å². The Balaban J connectivity index is 1.76. The van der Waals surface area contributed by atoms with E-state index in [1.165, 1.54) is 35.5 Å². The molecule has 4 saturated carbocycles. The molecule has 0 aromatic heterocycles. The molecule has 4 rings (SSSR count). The van der Waals surface area contributed by atoms with Gasteiger partial charge in [-0.1, -0.05) is 0 Å². The van der Waals surface area contributed by atoms with Gasteiger partial charge in [0.05, 0.1) is 0 Å². The molecule has 0 saturated heterocycles. The third-order valence-corrected chi connectivity index (χ3v) is 4.82. The lowest BCUT2D eigenvalue weighted by Gasteiger charge is -2.40. The van der Waals surface area contributed by atoms with Crippen molar-refractivity contribution in [3.63, 3.8) is 0 Å². The van der Waals surface area contributed by atoms with Crippen molar-refractivity contribution in [1.29, 1.82) is 0 Å². The molecule has 0 aliphatic heterocycles. The van der Waals surface area contributed by atoms with E-state index in [1.807, 2.05) is 0 Å². The lowest BCUT2D eigenvalue weighted by Crippen LogP contribution is -2.33. The molecule has 4 aliphatic carbocycles. The minimum Gasteiger partial charge on any atom is -0.0496 e. The first-order chi connectivity index (χ1) is 4.95. The van der Waals surface area contributed by atoms with Gasteiger partial charge in [0.25, 0.3) is 0 Å². The molecule has 0 heterocycles. The molecule has 0 aromatic rings. The van der Waals surface area contributed by atoms with Gasteiger partial charge in [-0.2, -0.15) is 0 Å². The van der Waals surface area contributed by atoms with Gasteiger partial charge in [0.1, 0.15) is 0 Å². The first-order valence-electron chi connectivity index (χ1n) is 4.95. The van der Waals surface area contributed by atoms with Gasteiger partial charge in [-0.15, -0.1) is 0 Å². The fourth-order valence-electron chi connectivity index (χ4n) is 4.06. The minimum atomic E-state index is 1.24. The molecule has 54 valence electrons. The maximum absolute atomic E-state index is 1.64. The van der Waals surface area contributed by atoms with E-state index in [-0.39, 0.29) is 0 Å². The van der Waals surface area contributed by atoms with Crippen LogP contribution in [0.1, 0.15) is 25.7 Å². The van der Waals surface area contributed by atoms with Gasteiger partial charge >= 0.3 is 0 Å². The van der Waals surface area contributed by atoms with Gasteiger partial charge in [0.15, 0.2) is 0 Å². The maximum Gasteiger partial charge on any atom is -0.0349 e. The fourth-order valence-corrected chi connectivity index (χ4v) is 4.06. The van der Waals surface area contributed by atoms with Crippen molar-refractivity contribution in [3.8, 4) is 0 Å². The highest BCUT2D eigenvalue weighted by atomic mass is 14.7. The second-order valence-corrected chi connectivity index (χ2v) is 5.03. The van der Waals surface area contributed by atoms with Crippen molar-refractivity contribution in [2.24, 2.45) is 35.5 Å². The topological polar surface area (TPSA) is 0 Å². The van der Waals surface area contributed by atoms with Crippen molar-refractivity contribution in [2.75, 3.05) is 0 Å². The molecular formula is C10H14. The molecule has 4 fully saturated rings. The summed E-state index contributed by atoms with van der Waals surface area (Å²) in [4.78, 5) is 0. The predicted octanol–water partition coefficient (Wildman–Crippen LogP) is 2.30. The summed E-state index contributed by atoms with van der Waals surface area (Å²) in [7, 11) is 0.